The van der Waals surface area contributed by atoms with Crippen molar-refractivity contribution in [1.82, 2.24) is 5.32 Å². The van der Waals surface area contributed by atoms with Gasteiger partial charge in [0, 0.05) is 29.3 Å². The molecule has 0 spiro atoms. The van der Waals surface area contributed by atoms with Gasteiger partial charge in [-0.15, -0.1) is 0 Å². The molecule has 1 unspecified atom stereocenters. The Hall–Kier alpha value is -1.05. The van der Waals surface area contributed by atoms with Crippen LogP contribution in [0.1, 0.15) is 25.3 Å². The SMILES string of the molecule is CCN(c1ccc(C#N)c(Br)c1)C1CCCNC1. The molecule has 0 aliphatic carbocycles. The molecule has 0 radical (unpaired) electrons. The van der Waals surface area contributed by atoms with Crippen LogP contribution < -0.4 is 10.2 Å². The maximum absolute atomic E-state index is 8.95. The van der Waals surface area contributed by atoms with Crippen LogP contribution in [0.25, 0.3) is 0 Å². The average Bonchev–Trinajstić information content (AvgIpc) is 2.41. The van der Waals surface area contributed by atoms with E-state index < -0.39 is 0 Å². The van der Waals surface area contributed by atoms with Crippen LogP contribution in [0.2, 0.25) is 0 Å². The van der Waals surface area contributed by atoms with Crippen molar-refractivity contribution in [1.29, 1.82) is 5.26 Å². The van der Waals surface area contributed by atoms with Gasteiger partial charge in [-0.1, -0.05) is 0 Å². The van der Waals surface area contributed by atoms with Gasteiger partial charge in [0.05, 0.1) is 5.56 Å². The second-order valence-corrected chi connectivity index (χ2v) is 5.42. The van der Waals surface area contributed by atoms with Crippen molar-refractivity contribution in [2.24, 2.45) is 0 Å². The fourth-order valence-corrected chi connectivity index (χ4v) is 2.98. The van der Waals surface area contributed by atoms with E-state index in [1.54, 1.807) is 0 Å². The first-order valence-corrected chi connectivity index (χ1v) is 7.22. The van der Waals surface area contributed by atoms with Crippen molar-refractivity contribution in [3.8, 4) is 6.07 Å². The zero-order valence-corrected chi connectivity index (χ0v) is 12.2. The van der Waals surface area contributed by atoms with Crippen LogP contribution in [-0.4, -0.2) is 25.7 Å². The van der Waals surface area contributed by atoms with Crippen LogP contribution in [0.15, 0.2) is 22.7 Å². The monoisotopic (exact) mass is 307 g/mol. The second kappa shape index (κ2) is 6.21. The Morgan fingerprint density at radius 1 is 1.56 bits per heavy atom. The smallest absolute Gasteiger partial charge is 0.100 e. The lowest BCUT2D eigenvalue weighted by Crippen LogP contribution is -2.46. The number of benzene rings is 1. The number of anilines is 1. The molecule has 18 heavy (non-hydrogen) atoms. The van der Waals surface area contributed by atoms with E-state index >= 15 is 0 Å². The van der Waals surface area contributed by atoms with Gasteiger partial charge in [-0.3, -0.25) is 0 Å². The van der Waals surface area contributed by atoms with Crippen molar-refractivity contribution in [2.45, 2.75) is 25.8 Å². The zero-order valence-electron chi connectivity index (χ0n) is 10.6. The number of halogens is 1. The number of hydrogen-bond donors (Lipinski definition) is 1. The molecular formula is C14H18BrN3. The number of nitrogens with zero attached hydrogens (tertiary/aromatic N) is 2. The minimum Gasteiger partial charge on any atom is -0.368 e. The summed E-state index contributed by atoms with van der Waals surface area (Å²) in [6.07, 6.45) is 2.47. The lowest BCUT2D eigenvalue weighted by molar-refractivity contribution is 0.435. The van der Waals surface area contributed by atoms with Gasteiger partial charge in [0.25, 0.3) is 0 Å². The Bertz CT molecular complexity index is 447. The topological polar surface area (TPSA) is 39.1 Å². The van der Waals surface area contributed by atoms with E-state index in [0.717, 1.165) is 24.1 Å². The number of hydrogen-bond acceptors (Lipinski definition) is 3. The van der Waals surface area contributed by atoms with Gasteiger partial charge in [0.1, 0.15) is 6.07 Å². The molecule has 0 amide bonds. The van der Waals surface area contributed by atoms with E-state index in [4.69, 9.17) is 5.26 Å². The third-order valence-corrected chi connectivity index (χ3v) is 4.11. The van der Waals surface area contributed by atoms with E-state index in [0.29, 0.717) is 11.6 Å². The lowest BCUT2D eigenvalue weighted by Gasteiger charge is -2.35. The summed E-state index contributed by atoms with van der Waals surface area (Å²) in [6.45, 7) is 5.35. The van der Waals surface area contributed by atoms with Crippen molar-refractivity contribution in [2.75, 3.05) is 24.5 Å². The highest BCUT2D eigenvalue weighted by atomic mass is 79.9. The molecule has 0 aromatic heterocycles. The second-order valence-electron chi connectivity index (χ2n) is 4.56. The Balaban J connectivity index is 2.21. The summed E-state index contributed by atoms with van der Waals surface area (Å²) in [7, 11) is 0. The van der Waals surface area contributed by atoms with E-state index in [1.807, 2.05) is 12.1 Å². The van der Waals surface area contributed by atoms with E-state index in [1.165, 1.54) is 18.5 Å². The molecule has 0 saturated carbocycles. The summed E-state index contributed by atoms with van der Waals surface area (Å²) < 4.78 is 0.879. The predicted octanol–water partition coefficient (Wildman–Crippen LogP) is 2.90. The molecular weight excluding hydrogens is 290 g/mol. The molecule has 1 heterocycles. The summed E-state index contributed by atoms with van der Waals surface area (Å²) in [5.74, 6) is 0. The number of nitrogens with one attached hydrogen (secondary N) is 1. The Labute approximate surface area is 117 Å². The Morgan fingerprint density at radius 2 is 2.39 bits per heavy atom. The number of likely N-dealkylation sites (N-methyl/N-ethyl adjacent to an activating group) is 1. The number of nitriles is 1. The molecule has 1 atom stereocenters. The van der Waals surface area contributed by atoms with Crippen molar-refractivity contribution in [3.05, 3.63) is 28.2 Å². The molecule has 96 valence electrons. The van der Waals surface area contributed by atoms with Crippen LogP contribution >= 0.6 is 15.9 Å². The summed E-state index contributed by atoms with van der Waals surface area (Å²) in [4.78, 5) is 2.41. The maximum atomic E-state index is 8.95. The van der Waals surface area contributed by atoms with E-state index in [2.05, 4.69) is 45.2 Å². The highest BCUT2D eigenvalue weighted by Crippen LogP contribution is 2.26. The quantitative estimate of drug-likeness (QED) is 0.933. The van der Waals surface area contributed by atoms with Gasteiger partial charge in [-0.25, -0.2) is 0 Å². The van der Waals surface area contributed by atoms with Crippen LogP contribution in [0, 0.1) is 11.3 Å². The molecule has 2 rings (SSSR count). The van der Waals surface area contributed by atoms with Crippen molar-refractivity contribution in [3.63, 3.8) is 0 Å². The van der Waals surface area contributed by atoms with Crippen LogP contribution in [0.4, 0.5) is 5.69 Å². The Morgan fingerprint density at radius 3 is 2.94 bits per heavy atom. The third-order valence-electron chi connectivity index (χ3n) is 3.46. The molecule has 1 saturated heterocycles. The summed E-state index contributed by atoms with van der Waals surface area (Å²) in [6, 6.07) is 8.72. The molecule has 1 aliphatic heterocycles. The standard InChI is InChI=1S/C14H18BrN3/c1-2-18(13-4-3-7-17-10-13)12-6-5-11(9-16)14(15)8-12/h5-6,8,13,17H,2-4,7,10H2,1H3. The van der Waals surface area contributed by atoms with Gasteiger partial charge < -0.3 is 10.2 Å². The molecule has 4 heteroatoms. The van der Waals surface area contributed by atoms with Gasteiger partial charge in [0.2, 0.25) is 0 Å². The molecule has 1 N–H and O–H groups in total. The molecule has 1 aromatic carbocycles. The van der Waals surface area contributed by atoms with Gasteiger partial charge >= 0.3 is 0 Å². The number of rotatable bonds is 3. The molecule has 1 fully saturated rings. The van der Waals surface area contributed by atoms with Crippen molar-refractivity contribution < 1.29 is 0 Å². The summed E-state index contributed by atoms with van der Waals surface area (Å²) in [5, 5.41) is 12.4. The highest BCUT2D eigenvalue weighted by molar-refractivity contribution is 9.10. The lowest BCUT2D eigenvalue weighted by atomic mass is 10.0. The first-order valence-electron chi connectivity index (χ1n) is 6.43. The molecule has 1 aromatic rings. The minimum absolute atomic E-state index is 0.559. The van der Waals surface area contributed by atoms with Gasteiger partial charge in [-0.05, 0) is 60.4 Å². The highest BCUT2D eigenvalue weighted by Gasteiger charge is 2.20. The Kier molecular flexibility index (Phi) is 4.62. The fraction of sp³-hybridized carbons (Fsp3) is 0.500. The first kappa shape index (κ1) is 13.4. The normalized spacial score (nSPS) is 19.3. The average molecular weight is 308 g/mol. The van der Waals surface area contributed by atoms with E-state index in [9.17, 15) is 0 Å². The van der Waals surface area contributed by atoms with Crippen molar-refractivity contribution >= 4 is 21.6 Å². The predicted molar refractivity (Wildman–Crippen MR) is 77.8 cm³/mol. The fourth-order valence-electron chi connectivity index (χ4n) is 2.52. The maximum Gasteiger partial charge on any atom is 0.100 e. The van der Waals surface area contributed by atoms with Crippen LogP contribution in [0.3, 0.4) is 0 Å². The zero-order chi connectivity index (χ0) is 13.0. The van der Waals surface area contributed by atoms with Crippen LogP contribution in [-0.2, 0) is 0 Å². The van der Waals surface area contributed by atoms with Gasteiger partial charge in [0.15, 0.2) is 0 Å². The largest absolute Gasteiger partial charge is 0.368 e. The summed E-state index contributed by atoms with van der Waals surface area (Å²) >= 11 is 3.46. The first-order chi connectivity index (χ1) is 8.76. The molecule has 3 nitrogen and oxygen atoms in total. The minimum atomic E-state index is 0.559. The molecule has 1 aliphatic rings. The third kappa shape index (κ3) is 2.85. The number of piperidine rings is 1. The van der Waals surface area contributed by atoms with Gasteiger partial charge in [-0.2, -0.15) is 5.26 Å². The van der Waals surface area contributed by atoms with E-state index in [-0.39, 0.29) is 0 Å². The molecule has 0 bridgehead atoms. The summed E-state index contributed by atoms with van der Waals surface area (Å²) in [5.41, 5.74) is 1.88. The van der Waals surface area contributed by atoms with Crippen LogP contribution in [0.5, 0.6) is 0 Å².